The zero-order valence-corrected chi connectivity index (χ0v) is 25.5. The van der Waals surface area contributed by atoms with Crippen molar-refractivity contribution in [1.29, 1.82) is 0 Å². The van der Waals surface area contributed by atoms with Crippen molar-refractivity contribution in [2.45, 2.75) is 42.9 Å². The third-order valence-electron chi connectivity index (χ3n) is 6.50. The number of nitrogens with zero attached hydrogens (tertiary/aromatic N) is 2. The summed E-state index contributed by atoms with van der Waals surface area (Å²) in [6, 6.07) is 0.562. The van der Waals surface area contributed by atoms with E-state index in [0.717, 1.165) is 4.57 Å². The van der Waals surface area contributed by atoms with E-state index in [0.29, 0.717) is 0 Å². The number of nitrogen functional groups attached to an aromatic ring is 2. The van der Waals surface area contributed by atoms with E-state index in [9.17, 15) is 38.7 Å². The molecule has 5 rings (SSSR count). The Morgan fingerprint density at radius 2 is 1.68 bits per heavy atom. The highest BCUT2D eigenvalue weighted by atomic mass is 32.1. The van der Waals surface area contributed by atoms with Crippen LogP contribution in [0.4, 0.5) is 23.3 Å². The molecular weight excluding hydrogens is 674 g/mol. The van der Waals surface area contributed by atoms with Gasteiger partial charge in [-0.15, -0.1) is 25.3 Å². The van der Waals surface area contributed by atoms with Gasteiger partial charge in [-0.05, 0) is 0 Å². The Morgan fingerprint density at radius 3 is 2.36 bits per heavy atom. The van der Waals surface area contributed by atoms with E-state index in [4.69, 9.17) is 25.5 Å². The fraction of sp³-hybridized carbons (Fsp3) is 0.474. The number of H-pyrrole nitrogens is 2. The SMILES string of the molecule is Nc1cc[n+]([C@@H]2O[C@H](COP(=O)(O)OP(=O)(O)OCC3OC4Nc5nc(N)[nH]c(=O)c5NC4C(S)=C3S)C(O)C2O)c(=O)[nH]1. The van der Waals surface area contributed by atoms with Crippen molar-refractivity contribution < 1.29 is 56.5 Å². The lowest BCUT2D eigenvalue weighted by atomic mass is 10.1. The molecule has 12 N–H and O–H groups in total. The number of nitrogens with one attached hydrogen (secondary N) is 4. The zero-order chi connectivity index (χ0) is 32.1. The zero-order valence-electron chi connectivity index (χ0n) is 21.9. The Balaban J connectivity index is 1.18. The number of hydrogen-bond acceptors (Lipinski definition) is 18. The number of phosphoric ester groups is 2. The largest absolute Gasteiger partial charge is 0.499 e. The highest BCUT2D eigenvalue weighted by molar-refractivity contribution is 7.88. The van der Waals surface area contributed by atoms with E-state index in [2.05, 4.69) is 59.7 Å². The molecule has 5 heterocycles. The van der Waals surface area contributed by atoms with Gasteiger partial charge in [0.15, 0.2) is 17.9 Å². The number of nitrogens with two attached hydrogens (primary N) is 2. The van der Waals surface area contributed by atoms with Crippen molar-refractivity contribution in [3.05, 3.63) is 42.9 Å². The molecule has 1 fully saturated rings. The standard InChI is InChI=1S/C19H26N8O13P2S2/c20-7-1-2-27(19(31)22-7)17-11(29)10(28)5(39-17)3-36-41(32,33)40-42(34,35)37-4-6-12(43)13(44)8-16(38-6)24-14-9(23-8)15(30)26-18(21)25-14/h1-2,5-6,8,10-11,16-17,23,28-29H,3-4H2,(H10,20,21,22,24,25,26,30,31,32,33,34,35,43,44)/p+1/t5-,6?,8?,10?,11?,16?,17-/m1/s1. The molecule has 3 aliphatic rings. The second-order valence-electron chi connectivity index (χ2n) is 9.52. The summed E-state index contributed by atoms with van der Waals surface area (Å²) >= 11 is 8.73. The maximum atomic E-state index is 12.5. The first-order valence-electron chi connectivity index (χ1n) is 12.3. The third-order valence-corrected chi connectivity index (χ3v) is 10.3. The molecule has 21 nitrogen and oxygen atoms in total. The van der Waals surface area contributed by atoms with Crippen LogP contribution in [0, 0.1) is 0 Å². The Labute approximate surface area is 256 Å². The molecule has 0 radical (unpaired) electrons. The molecule has 0 amide bonds. The lowest BCUT2D eigenvalue weighted by molar-refractivity contribution is -0.779. The van der Waals surface area contributed by atoms with Gasteiger partial charge in [-0.2, -0.15) is 23.6 Å². The molecule has 2 aromatic rings. The van der Waals surface area contributed by atoms with Crippen LogP contribution in [0.2, 0.25) is 0 Å². The van der Waals surface area contributed by atoms with Crippen LogP contribution >= 0.6 is 40.9 Å². The van der Waals surface area contributed by atoms with Crippen LogP contribution in [-0.2, 0) is 32.0 Å². The molecule has 9 atom stereocenters. The third kappa shape index (κ3) is 6.84. The number of aliphatic hydroxyl groups is 2. The average Bonchev–Trinajstić information content (AvgIpc) is 3.20. The number of aliphatic hydroxyl groups excluding tert-OH is 2. The Kier molecular flexibility index (Phi) is 9.24. The molecular formula is C19H27N8O13P2S2+. The summed E-state index contributed by atoms with van der Waals surface area (Å²) in [6.45, 7) is -1.65. The molecule has 242 valence electrons. The van der Waals surface area contributed by atoms with Crippen LogP contribution in [0.25, 0.3) is 0 Å². The normalized spacial score (nSPS) is 30.8. The van der Waals surface area contributed by atoms with E-state index in [1.165, 1.54) is 12.3 Å². The number of aromatic nitrogens is 4. The molecule has 1 saturated heterocycles. The fourth-order valence-electron chi connectivity index (χ4n) is 4.45. The first-order valence-corrected chi connectivity index (χ1v) is 16.2. The van der Waals surface area contributed by atoms with Gasteiger partial charge in [-0.25, -0.2) is 9.13 Å². The summed E-state index contributed by atoms with van der Waals surface area (Å²) in [5.74, 6) is -0.0718. The highest BCUT2D eigenvalue weighted by Crippen LogP contribution is 2.60. The predicted molar refractivity (Wildman–Crippen MR) is 154 cm³/mol. The Morgan fingerprint density at radius 1 is 1.00 bits per heavy atom. The van der Waals surface area contributed by atoms with Crippen LogP contribution in [0.3, 0.4) is 0 Å². The number of rotatable bonds is 9. The minimum atomic E-state index is -5.35. The van der Waals surface area contributed by atoms with E-state index in [-0.39, 0.29) is 33.1 Å². The van der Waals surface area contributed by atoms with Crippen LogP contribution in [-0.4, -0.2) is 84.9 Å². The molecule has 25 heteroatoms. The van der Waals surface area contributed by atoms with Gasteiger partial charge in [-0.1, -0.05) is 0 Å². The van der Waals surface area contributed by atoms with Crippen molar-refractivity contribution in [2.75, 3.05) is 35.3 Å². The molecule has 0 saturated carbocycles. The monoisotopic (exact) mass is 701 g/mol. The van der Waals surface area contributed by atoms with Crippen molar-refractivity contribution in [2.24, 2.45) is 0 Å². The van der Waals surface area contributed by atoms with Crippen LogP contribution in [0.1, 0.15) is 6.23 Å². The maximum absolute atomic E-state index is 12.5. The van der Waals surface area contributed by atoms with Crippen LogP contribution < -0.4 is 37.9 Å². The van der Waals surface area contributed by atoms with E-state index < -0.39 is 83.0 Å². The minimum Gasteiger partial charge on any atom is -0.387 e. The molecule has 0 aromatic carbocycles. The second-order valence-corrected chi connectivity index (χ2v) is 13.5. The van der Waals surface area contributed by atoms with Gasteiger partial charge >= 0.3 is 21.3 Å². The molecule has 7 unspecified atom stereocenters. The topological polar surface area (TPSA) is 320 Å². The van der Waals surface area contributed by atoms with E-state index >= 15 is 0 Å². The number of anilines is 4. The van der Waals surface area contributed by atoms with E-state index in [1.54, 1.807) is 0 Å². The number of ether oxygens (including phenoxy) is 2. The molecule has 0 bridgehead atoms. The van der Waals surface area contributed by atoms with E-state index in [1.807, 2.05) is 0 Å². The summed E-state index contributed by atoms with van der Waals surface area (Å²) in [6.07, 6.45) is -7.18. The second kappa shape index (κ2) is 12.4. The summed E-state index contributed by atoms with van der Waals surface area (Å²) in [5.41, 5.74) is 9.79. The van der Waals surface area contributed by atoms with Gasteiger partial charge in [0.1, 0.15) is 42.3 Å². The predicted octanol–water partition coefficient (Wildman–Crippen LogP) is -2.52. The van der Waals surface area contributed by atoms with Gasteiger partial charge in [0, 0.05) is 15.9 Å². The number of hydrogen-bond donors (Lipinski definition) is 12. The number of fused-ring (bicyclic) bond motifs is 2. The lowest BCUT2D eigenvalue weighted by Crippen LogP contribution is -2.58. The average molecular weight is 702 g/mol. The molecule has 3 aliphatic heterocycles. The molecule has 0 aliphatic carbocycles. The first-order chi connectivity index (χ1) is 20.5. The van der Waals surface area contributed by atoms with Crippen molar-refractivity contribution >= 4 is 64.2 Å². The molecule has 44 heavy (non-hydrogen) atoms. The van der Waals surface area contributed by atoms with Crippen LogP contribution in [0.5, 0.6) is 0 Å². The summed E-state index contributed by atoms with van der Waals surface area (Å²) in [4.78, 5) is 53.5. The molecule has 2 aromatic heterocycles. The summed E-state index contributed by atoms with van der Waals surface area (Å²) in [7, 11) is -10.7. The van der Waals surface area contributed by atoms with Crippen molar-refractivity contribution in [1.82, 2.24) is 15.0 Å². The fourth-order valence-corrected chi connectivity index (χ4v) is 7.15. The van der Waals surface area contributed by atoms with Crippen LogP contribution in [0.15, 0.2) is 31.7 Å². The smallest absolute Gasteiger partial charge is 0.387 e. The lowest BCUT2D eigenvalue weighted by Gasteiger charge is -2.41. The van der Waals surface area contributed by atoms with Gasteiger partial charge in [0.05, 0.1) is 13.2 Å². The Hall–Kier alpha value is -2.50. The Bertz CT molecular complexity index is 1690. The van der Waals surface area contributed by atoms with Gasteiger partial charge in [0.2, 0.25) is 12.2 Å². The highest BCUT2D eigenvalue weighted by Gasteiger charge is 2.49. The quantitative estimate of drug-likeness (QED) is 0.0729. The van der Waals surface area contributed by atoms with Crippen molar-refractivity contribution in [3.63, 3.8) is 0 Å². The summed E-state index contributed by atoms with van der Waals surface area (Å²) in [5, 5.41) is 26.4. The van der Waals surface area contributed by atoms with Gasteiger partial charge in [-0.3, -0.25) is 18.8 Å². The van der Waals surface area contributed by atoms with Crippen molar-refractivity contribution in [3.8, 4) is 0 Å². The number of aromatic amines is 2. The number of phosphoric acid groups is 2. The molecule has 0 spiro atoms. The van der Waals surface area contributed by atoms with Gasteiger partial charge in [0.25, 0.3) is 5.56 Å². The minimum absolute atomic E-state index is 0.0225. The maximum Gasteiger partial charge on any atom is 0.499 e. The number of thiol groups is 2. The first kappa shape index (κ1) is 32.9. The van der Waals surface area contributed by atoms with Gasteiger partial charge < -0.3 is 51.6 Å². The summed E-state index contributed by atoms with van der Waals surface area (Å²) < 4.78 is 50.9.